The Morgan fingerprint density at radius 2 is 2.00 bits per heavy atom. The molecule has 1 aromatic carbocycles. The van der Waals surface area contributed by atoms with Gasteiger partial charge in [-0.15, -0.1) is 0 Å². The van der Waals surface area contributed by atoms with Gasteiger partial charge in [-0.1, -0.05) is 0 Å². The van der Waals surface area contributed by atoms with E-state index in [1.165, 1.54) is 5.56 Å². The second-order valence-electron chi connectivity index (χ2n) is 6.57. The summed E-state index contributed by atoms with van der Waals surface area (Å²) in [5.41, 5.74) is 2.16. The summed E-state index contributed by atoms with van der Waals surface area (Å²) < 4.78 is 22.2. The molecule has 1 aromatic rings. The lowest BCUT2D eigenvalue weighted by molar-refractivity contribution is -0.0248. The van der Waals surface area contributed by atoms with E-state index < -0.39 is 0 Å². The molecule has 120 valence electrons. The van der Waals surface area contributed by atoms with E-state index in [-0.39, 0.29) is 11.9 Å². The van der Waals surface area contributed by atoms with E-state index in [9.17, 15) is 0 Å². The van der Waals surface area contributed by atoms with Crippen molar-refractivity contribution in [2.24, 2.45) is 0 Å². The van der Waals surface area contributed by atoms with E-state index in [0.717, 1.165) is 37.2 Å². The van der Waals surface area contributed by atoms with Crippen molar-refractivity contribution < 1.29 is 18.9 Å². The third-order valence-corrected chi connectivity index (χ3v) is 4.23. The molecular formula is C18H24O4. The van der Waals surface area contributed by atoms with Crippen LogP contribution in [0.5, 0.6) is 5.75 Å². The number of hydrogen-bond donors (Lipinski definition) is 0. The van der Waals surface area contributed by atoms with Crippen LogP contribution in [-0.2, 0) is 14.2 Å². The summed E-state index contributed by atoms with van der Waals surface area (Å²) >= 11 is 0. The zero-order valence-electron chi connectivity index (χ0n) is 13.5. The standard InChI is InChI=1S/C18H24O4/c1-18(2)12-14(5-4-8-19-3)15-11-13(6-7-16(15)22-18)17-20-9-10-21-17/h6-7,9-11,14,17H,4-5,8,12H2,1-3H3. The van der Waals surface area contributed by atoms with Crippen LogP contribution < -0.4 is 4.74 Å². The van der Waals surface area contributed by atoms with Crippen molar-refractivity contribution in [1.82, 2.24) is 0 Å². The molecule has 0 saturated carbocycles. The highest BCUT2D eigenvalue weighted by Gasteiger charge is 2.34. The molecule has 1 unspecified atom stereocenters. The molecule has 0 spiro atoms. The monoisotopic (exact) mass is 304 g/mol. The van der Waals surface area contributed by atoms with Gasteiger partial charge in [-0.05, 0) is 62.8 Å². The summed E-state index contributed by atoms with van der Waals surface area (Å²) in [6.07, 6.45) is 6.00. The van der Waals surface area contributed by atoms with E-state index in [0.29, 0.717) is 5.92 Å². The summed E-state index contributed by atoms with van der Waals surface area (Å²) in [7, 11) is 1.75. The van der Waals surface area contributed by atoms with Gasteiger partial charge < -0.3 is 18.9 Å². The maximum Gasteiger partial charge on any atom is 0.266 e. The molecule has 0 aromatic heterocycles. The van der Waals surface area contributed by atoms with Crippen LogP contribution in [0.4, 0.5) is 0 Å². The largest absolute Gasteiger partial charge is 0.488 e. The second kappa shape index (κ2) is 6.21. The number of hydrogen-bond acceptors (Lipinski definition) is 4. The van der Waals surface area contributed by atoms with Crippen molar-refractivity contribution in [3.8, 4) is 5.75 Å². The maximum absolute atomic E-state index is 6.14. The van der Waals surface area contributed by atoms with Gasteiger partial charge in [0, 0.05) is 19.3 Å². The van der Waals surface area contributed by atoms with E-state index in [4.69, 9.17) is 18.9 Å². The van der Waals surface area contributed by atoms with Crippen LogP contribution in [0.25, 0.3) is 0 Å². The van der Waals surface area contributed by atoms with Crippen molar-refractivity contribution >= 4 is 0 Å². The Hall–Kier alpha value is -1.68. The minimum absolute atomic E-state index is 0.131. The normalized spacial score (nSPS) is 22.6. The van der Waals surface area contributed by atoms with Gasteiger partial charge in [0.2, 0.25) is 0 Å². The van der Waals surface area contributed by atoms with Crippen LogP contribution in [0, 0.1) is 0 Å². The molecule has 2 heterocycles. The highest BCUT2D eigenvalue weighted by molar-refractivity contribution is 5.42. The summed E-state index contributed by atoms with van der Waals surface area (Å²) in [4.78, 5) is 0. The summed E-state index contributed by atoms with van der Waals surface area (Å²) in [6, 6.07) is 6.23. The summed E-state index contributed by atoms with van der Waals surface area (Å²) in [5, 5.41) is 0. The van der Waals surface area contributed by atoms with Gasteiger partial charge in [-0.3, -0.25) is 0 Å². The topological polar surface area (TPSA) is 36.9 Å². The van der Waals surface area contributed by atoms with Gasteiger partial charge >= 0.3 is 0 Å². The zero-order chi connectivity index (χ0) is 15.6. The van der Waals surface area contributed by atoms with Crippen molar-refractivity contribution in [1.29, 1.82) is 0 Å². The minimum atomic E-state index is -0.333. The minimum Gasteiger partial charge on any atom is -0.488 e. The van der Waals surface area contributed by atoms with Gasteiger partial charge in [0.05, 0.1) is 0 Å². The van der Waals surface area contributed by atoms with Gasteiger partial charge in [0.25, 0.3) is 6.29 Å². The fourth-order valence-electron chi connectivity index (χ4n) is 3.30. The van der Waals surface area contributed by atoms with Crippen LogP contribution in [0.2, 0.25) is 0 Å². The Balaban J connectivity index is 1.84. The Bertz CT molecular complexity index is 542. The number of fused-ring (bicyclic) bond motifs is 1. The van der Waals surface area contributed by atoms with Crippen molar-refractivity contribution in [2.75, 3.05) is 13.7 Å². The van der Waals surface area contributed by atoms with Crippen LogP contribution >= 0.6 is 0 Å². The molecular weight excluding hydrogens is 280 g/mol. The second-order valence-corrected chi connectivity index (χ2v) is 6.57. The first-order valence-corrected chi connectivity index (χ1v) is 7.87. The summed E-state index contributed by atoms with van der Waals surface area (Å²) in [6.45, 7) is 5.10. The van der Waals surface area contributed by atoms with Crippen molar-refractivity contribution in [3.05, 3.63) is 41.9 Å². The Morgan fingerprint density at radius 1 is 1.23 bits per heavy atom. The van der Waals surface area contributed by atoms with Crippen LogP contribution in [0.1, 0.15) is 56.4 Å². The van der Waals surface area contributed by atoms with Gasteiger partial charge in [0.1, 0.15) is 23.9 Å². The fraction of sp³-hybridized carbons (Fsp3) is 0.556. The average molecular weight is 304 g/mol. The van der Waals surface area contributed by atoms with Crippen LogP contribution in [0.15, 0.2) is 30.7 Å². The summed E-state index contributed by atoms with van der Waals surface area (Å²) in [5.74, 6) is 1.46. The molecule has 0 radical (unpaired) electrons. The van der Waals surface area contributed by atoms with Crippen LogP contribution in [0.3, 0.4) is 0 Å². The predicted molar refractivity (Wildman–Crippen MR) is 83.7 cm³/mol. The smallest absolute Gasteiger partial charge is 0.266 e. The zero-order valence-corrected chi connectivity index (χ0v) is 13.5. The first-order valence-electron chi connectivity index (χ1n) is 7.87. The maximum atomic E-state index is 6.14. The molecule has 3 rings (SSSR count). The SMILES string of the molecule is COCCCC1CC(C)(C)Oc2ccc(C3OC=CO3)cc21. The lowest BCUT2D eigenvalue weighted by atomic mass is 9.81. The van der Waals surface area contributed by atoms with E-state index >= 15 is 0 Å². The third kappa shape index (κ3) is 3.22. The van der Waals surface area contributed by atoms with Gasteiger partial charge in [-0.25, -0.2) is 0 Å². The number of rotatable bonds is 5. The Morgan fingerprint density at radius 3 is 2.73 bits per heavy atom. The molecule has 2 aliphatic rings. The lowest BCUT2D eigenvalue weighted by Gasteiger charge is -2.38. The molecule has 4 heteroatoms. The first-order chi connectivity index (χ1) is 10.6. The van der Waals surface area contributed by atoms with E-state index in [1.807, 2.05) is 12.1 Å². The molecule has 2 aliphatic heterocycles. The number of ether oxygens (including phenoxy) is 4. The fourth-order valence-corrected chi connectivity index (χ4v) is 3.30. The first kappa shape index (κ1) is 15.2. The van der Waals surface area contributed by atoms with Gasteiger partial charge in [-0.2, -0.15) is 0 Å². The molecule has 0 saturated heterocycles. The van der Waals surface area contributed by atoms with Gasteiger partial charge in [0.15, 0.2) is 0 Å². The third-order valence-electron chi connectivity index (χ3n) is 4.23. The molecule has 0 amide bonds. The number of methoxy groups -OCH3 is 1. The highest BCUT2D eigenvalue weighted by atomic mass is 16.7. The van der Waals surface area contributed by atoms with Crippen molar-refractivity contribution in [2.45, 2.75) is 50.9 Å². The number of benzene rings is 1. The predicted octanol–water partition coefficient (Wildman–Crippen LogP) is 4.27. The average Bonchev–Trinajstić information content (AvgIpc) is 3.00. The Kier molecular flexibility index (Phi) is 4.30. The Labute approximate surface area is 132 Å². The lowest BCUT2D eigenvalue weighted by Crippen LogP contribution is -2.35. The molecule has 0 fully saturated rings. The molecule has 22 heavy (non-hydrogen) atoms. The molecule has 0 aliphatic carbocycles. The van der Waals surface area contributed by atoms with E-state index in [1.54, 1.807) is 19.6 Å². The van der Waals surface area contributed by atoms with Crippen molar-refractivity contribution in [3.63, 3.8) is 0 Å². The highest BCUT2D eigenvalue weighted by Crippen LogP contribution is 2.44. The molecule has 4 nitrogen and oxygen atoms in total. The van der Waals surface area contributed by atoms with Crippen LogP contribution in [-0.4, -0.2) is 19.3 Å². The molecule has 0 N–H and O–H groups in total. The quantitative estimate of drug-likeness (QED) is 0.761. The van der Waals surface area contributed by atoms with E-state index in [2.05, 4.69) is 19.9 Å². The molecule has 1 atom stereocenters. The molecule has 0 bridgehead atoms.